The quantitative estimate of drug-likeness (QED) is 0.932. The SMILES string of the molecule is N#CC(Cc1ccccc1)N1CCC(O)(C(F)(F)F)CC1. The molecule has 1 unspecified atom stereocenters. The van der Waals surface area contributed by atoms with Gasteiger partial charge < -0.3 is 5.11 Å². The van der Waals surface area contributed by atoms with Crippen LogP contribution >= 0.6 is 0 Å². The molecule has 0 spiro atoms. The normalized spacial score (nSPS) is 20.7. The van der Waals surface area contributed by atoms with Crippen LogP contribution in [0.25, 0.3) is 0 Å². The van der Waals surface area contributed by atoms with Crippen LogP contribution in [-0.4, -0.2) is 40.9 Å². The van der Waals surface area contributed by atoms with E-state index in [1.807, 2.05) is 30.3 Å². The van der Waals surface area contributed by atoms with Crippen molar-refractivity contribution in [3.8, 4) is 6.07 Å². The first-order chi connectivity index (χ1) is 9.86. The number of nitriles is 1. The standard InChI is InChI=1S/C15H17F3N2O/c16-15(17,18)14(21)6-8-20(9-7-14)13(11-19)10-12-4-2-1-3-5-12/h1-5,13,21H,6-10H2. The van der Waals surface area contributed by atoms with Crippen molar-refractivity contribution in [3.05, 3.63) is 35.9 Å². The molecule has 0 aromatic heterocycles. The molecule has 0 saturated carbocycles. The predicted molar refractivity (Wildman–Crippen MR) is 71.4 cm³/mol. The first-order valence-electron chi connectivity index (χ1n) is 6.82. The number of rotatable bonds is 3. The smallest absolute Gasteiger partial charge is 0.380 e. The van der Waals surface area contributed by atoms with Crippen molar-refractivity contribution >= 4 is 0 Å². The molecule has 0 radical (unpaired) electrons. The summed E-state index contributed by atoms with van der Waals surface area (Å²) in [5.41, 5.74) is -1.64. The summed E-state index contributed by atoms with van der Waals surface area (Å²) in [5, 5.41) is 18.9. The Morgan fingerprint density at radius 3 is 2.29 bits per heavy atom. The number of hydrogen-bond donors (Lipinski definition) is 1. The Morgan fingerprint density at radius 1 is 1.24 bits per heavy atom. The average molecular weight is 298 g/mol. The Kier molecular flexibility index (Phi) is 4.55. The summed E-state index contributed by atoms with van der Waals surface area (Å²) in [5.74, 6) is 0. The zero-order valence-corrected chi connectivity index (χ0v) is 11.5. The van der Waals surface area contributed by atoms with Gasteiger partial charge in [-0.15, -0.1) is 0 Å². The van der Waals surface area contributed by atoms with E-state index in [2.05, 4.69) is 6.07 Å². The van der Waals surface area contributed by atoms with Crippen LogP contribution < -0.4 is 0 Å². The molecule has 1 aromatic rings. The van der Waals surface area contributed by atoms with Gasteiger partial charge in [0.05, 0.1) is 6.07 Å². The molecule has 21 heavy (non-hydrogen) atoms. The first-order valence-corrected chi connectivity index (χ1v) is 6.82. The second-order valence-corrected chi connectivity index (χ2v) is 5.40. The number of hydrogen-bond acceptors (Lipinski definition) is 3. The van der Waals surface area contributed by atoms with Crippen LogP contribution in [0.15, 0.2) is 30.3 Å². The van der Waals surface area contributed by atoms with E-state index >= 15 is 0 Å². The monoisotopic (exact) mass is 298 g/mol. The van der Waals surface area contributed by atoms with E-state index in [0.717, 1.165) is 5.56 Å². The Balaban J connectivity index is 1.99. The summed E-state index contributed by atoms with van der Waals surface area (Å²) in [6.07, 6.45) is -4.91. The van der Waals surface area contributed by atoms with Crippen LogP contribution in [0.1, 0.15) is 18.4 Å². The zero-order chi connectivity index (χ0) is 15.5. The molecular formula is C15H17F3N2O. The minimum Gasteiger partial charge on any atom is -0.380 e. The average Bonchev–Trinajstić information content (AvgIpc) is 2.46. The summed E-state index contributed by atoms with van der Waals surface area (Å²) in [7, 11) is 0. The maximum atomic E-state index is 12.7. The number of likely N-dealkylation sites (tertiary alicyclic amines) is 1. The predicted octanol–water partition coefficient (Wildman–Crippen LogP) is 2.51. The molecule has 1 fully saturated rings. The maximum absolute atomic E-state index is 12.7. The van der Waals surface area contributed by atoms with Crippen LogP contribution in [0.3, 0.4) is 0 Å². The lowest BCUT2D eigenvalue weighted by atomic mass is 9.89. The molecule has 6 heteroatoms. The fourth-order valence-electron chi connectivity index (χ4n) is 2.58. The highest BCUT2D eigenvalue weighted by Gasteiger charge is 2.54. The molecule has 1 N–H and O–H groups in total. The third-order valence-electron chi connectivity index (χ3n) is 4.01. The third-order valence-corrected chi connectivity index (χ3v) is 4.01. The molecule has 3 nitrogen and oxygen atoms in total. The number of benzene rings is 1. The zero-order valence-electron chi connectivity index (χ0n) is 11.5. The van der Waals surface area contributed by atoms with Gasteiger partial charge in [-0.05, 0) is 18.4 Å². The molecule has 1 aliphatic heterocycles. The molecule has 0 amide bonds. The van der Waals surface area contributed by atoms with Gasteiger partial charge in [0.15, 0.2) is 5.60 Å². The lowest BCUT2D eigenvalue weighted by Crippen LogP contribution is -2.55. The molecule has 1 aromatic carbocycles. The second kappa shape index (κ2) is 6.04. The van der Waals surface area contributed by atoms with Crippen LogP contribution in [0.4, 0.5) is 13.2 Å². The lowest BCUT2D eigenvalue weighted by molar-refractivity contribution is -0.273. The van der Waals surface area contributed by atoms with Crippen molar-refractivity contribution in [1.82, 2.24) is 4.90 Å². The van der Waals surface area contributed by atoms with Gasteiger partial charge in [-0.3, -0.25) is 4.90 Å². The summed E-state index contributed by atoms with van der Waals surface area (Å²) < 4.78 is 38.2. The molecule has 0 bridgehead atoms. The van der Waals surface area contributed by atoms with Crippen LogP contribution in [0.2, 0.25) is 0 Å². The van der Waals surface area contributed by atoms with Gasteiger partial charge in [0.25, 0.3) is 0 Å². The topological polar surface area (TPSA) is 47.3 Å². The van der Waals surface area contributed by atoms with Crippen molar-refractivity contribution < 1.29 is 18.3 Å². The molecule has 1 aliphatic rings. The minimum absolute atomic E-state index is 0.0705. The minimum atomic E-state index is -4.61. The summed E-state index contributed by atoms with van der Waals surface area (Å²) >= 11 is 0. The highest BCUT2D eigenvalue weighted by atomic mass is 19.4. The van der Waals surface area contributed by atoms with Crippen molar-refractivity contribution in [2.75, 3.05) is 13.1 Å². The van der Waals surface area contributed by atoms with E-state index in [-0.39, 0.29) is 25.9 Å². The Hall–Kier alpha value is -1.58. The van der Waals surface area contributed by atoms with Crippen LogP contribution in [0, 0.1) is 11.3 Å². The molecule has 1 saturated heterocycles. The molecule has 1 atom stereocenters. The fraction of sp³-hybridized carbons (Fsp3) is 0.533. The van der Waals surface area contributed by atoms with Gasteiger partial charge in [-0.1, -0.05) is 30.3 Å². The highest BCUT2D eigenvalue weighted by molar-refractivity contribution is 5.18. The Bertz CT molecular complexity index is 502. The van der Waals surface area contributed by atoms with Crippen LogP contribution in [-0.2, 0) is 6.42 Å². The van der Waals surface area contributed by atoms with E-state index in [1.165, 1.54) is 0 Å². The van der Waals surface area contributed by atoms with Crippen molar-refractivity contribution in [1.29, 1.82) is 5.26 Å². The largest absolute Gasteiger partial charge is 0.417 e. The van der Waals surface area contributed by atoms with Crippen molar-refractivity contribution in [3.63, 3.8) is 0 Å². The molecule has 114 valence electrons. The summed E-state index contributed by atoms with van der Waals surface area (Å²) in [4.78, 5) is 1.72. The van der Waals surface area contributed by atoms with E-state index < -0.39 is 17.8 Å². The molecule has 1 heterocycles. The van der Waals surface area contributed by atoms with Gasteiger partial charge in [0.2, 0.25) is 0 Å². The number of halogens is 3. The highest BCUT2D eigenvalue weighted by Crippen LogP contribution is 2.38. The van der Waals surface area contributed by atoms with Crippen molar-refractivity contribution in [2.24, 2.45) is 0 Å². The van der Waals surface area contributed by atoms with Gasteiger partial charge in [-0.25, -0.2) is 0 Å². The van der Waals surface area contributed by atoms with Gasteiger partial charge in [0.1, 0.15) is 6.04 Å². The first kappa shape index (κ1) is 15.8. The fourth-order valence-corrected chi connectivity index (χ4v) is 2.58. The van der Waals surface area contributed by atoms with Gasteiger partial charge in [-0.2, -0.15) is 18.4 Å². The summed E-state index contributed by atoms with van der Waals surface area (Å²) in [6, 6.07) is 11.1. The van der Waals surface area contributed by atoms with E-state index in [1.54, 1.807) is 4.90 Å². The molecule has 2 rings (SSSR count). The van der Waals surface area contributed by atoms with Gasteiger partial charge >= 0.3 is 6.18 Å². The number of nitrogens with zero attached hydrogens (tertiary/aromatic N) is 2. The second-order valence-electron chi connectivity index (χ2n) is 5.40. The summed E-state index contributed by atoms with van der Waals surface area (Å²) in [6.45, 7) is 0.141. The Labute approximate surface area is 121 Å². The van der Waals surface area contributed by atoms with Gasteiger partial charge in [0, 0.05) is 19.5 Å². The third kappa shape index (κ3) is 3.55. The van der Waals surface area contributed by atoms with E-state index in [0.29, 0.717) is 6.42 Å². The van der Waals surface area contributed by atoms with E-state index in [4.69, 9.17) is 0 Å². The maximum Gasteiger partial charge on any atom is 0.417 e. The number of piperidine rings is 1. The number of aliphatic hydroxyl groups is 1. The van der Waals surface area contributed by atoms with Crippen LogP contribution in [0.5, 0.6) is 0 Å². The lowest BCUT2D eigenvalue weighted by Gasteiger charge is -2.40. The number of alkyl halides is 3. The van der Waals surface area contributed by atoms with E-state index in [9.17, 15) is 23.5 Å². The molecule has 0 aliphatic carbocycles. The Morgan fingerprint density at radius 2 is 1.81 bits per heavy atom. The van der Waals surface area contributed by atoms with Crippen molar-refractivity contribution in [2.45, 2.75) is 37.1 Å². The molecular weight excluding hydrogens is 281 g/mol.